The smallest absolute Gasteiger partial charge is 0.192 e. The Morgan fingerprint density at radius 1 is 1.35 bits per heavy atom. The van der Waals surface area contributed by atoms with Gasteiger partial charge in [0.25, 0.3) is 0 Å². The molecule has 0 aliphatic heterocycles. The standard InChI is InChI=1S/C14H26FOSi/c1-7-11-8-12(15)10-13(9-11)16-17(5,6)14(2,3)4/h7,12-13H,1,8-10H2,2-6H3. The minimum atomic E-state index is -1.78. The Balaban J connectivity index is 2.69. The summed E-state index contributed by atoms with van der Waals surface area (Å²) in [5, 5.41) is 0.185. The van der Waals surface area contributed by atoms with E-state index in [1.54, 1.807) is 6.08 Å². The fraction of sp³-hybridized carbons (Fsp3) is 0.786. The predicted molar refractivity (Wildman–Crippen MR) is 74.3 cm³/mol. The Kier molecular flexibility index (Phi) is 4.58. The molecule has 17 heavy (non-hydrogen) atoms. The number of allylic oxidation sites excluding steroid dienone is 1. The molecule has 0 N–H and O–H groups in total. The molecule has 1 aliphatic carbocycles. The molecular formula is C14H26FOSi. The summed E-state index contributed by atoms with van der Waals surface area (Å²) in [6, 6.07) is 0. The maximum absolute atomic E-state index is 13.6. The Morgan fingerprint density at radius 2 is 1.94 bits per heavy atom. The van der Waals surface area contributed by atoms with E-state index in [1.807, 2.05) is 0 Å². The van der Waals surface area contributed by atoms with Gasteiger partial charge in [-0.1, -0.05) is 32.4 Å². The maximum atomic E-state index is 13.6. The number of alkyl halides is 1. The lowest BCUT2D eigenvalue weighted by molar-refractivity contribution is 0.113. The maximum Gasteiger partial charge on any atom is 0.192 e. The van der Waals surface area contributed by atoms with Crippen molar-refractivity contribution in [1.29, 1.82) is 0 Å². The third-order valence-electron chi connectivity index (χ3n) is 4.05. The minimum Gasteiger partial charge on any atom is -0.414 e. The molecule has 0 saturated heterocycles. The van der Waals surface area contributed by atoms with E-state index >= 15 is 0 Å². The Morgan fingerprint density at radius 3 is 2.41 bits per heavy atom. The van der Waals surface area contributed by atoms with E-state index in [9.17, 15) is 4.39 Å². The predicted octanol–water partition coefficient (Wildman–Crippen LogP) is 4.66. The highest BCUT2D eigenvalue weighted by molar-refractivity contribution is 6.74. The molecule has 0 spiro atoms. The molecule has 0 amide bonds. The van der Waals surface area contributed by atoms with Crippen molar-refractivity contribution in [3.05, 3.63) is 18.6 Å². The summed E-state index contributed by atoms with van der Waals surface area (Å²) in [7, 11) is -1.78. The van der Waals surface area contributed by atoms with Crippen LogP contribution < -0.4 is 0 Å². The molecule has 1 nitrogen and oxygen atoms in total. The van der Waals surface area contributed by atoms with E-state index in [1.165, 1.54) is 0 Å². The van der Waals surface area contributed by atoms with Crippen LogP contribution in [0.5, 0.6) is 0 Å². The van der Waals surface area contributed by atoms with Crippen molar-refractivity contribution in [3.8, 4) is 0 Å². The van der Waals surface area contributed by atoms with Crippen molar-refractivity contribution in [2.24, 2.45) is 0 Å². The molecule has 0 bridgehead atoms. The zero-order valence-corrected chi connectivity index (χ0v) is 12.8. The summed E-state index contributed by atoms with van der Waals surface area (Å²) in [6.07, 6.45) is 3.04. The van der Waals surface area contributed by atoms with Crippen LogP contribution in [0.25, 0.3) is 0 Å². The summed E-state index contributed by atoms with van der Waals surface area (Å²) in [6.45, 7) is 14.8. The van der Waals surface area contributed by atoms with Gasteiger partial charge in [0, 0.05) is 6.42 Å². The molecule has 1 aliphatic rings. The number of hydrogen-bond donors (Lipinski definition) is 0. The molecule has 2 unspecified atom stereocenters. The van der Waals surface area contributed by atoms with Gasteiger partial charge in [0.2, 0.25) is 0 Å². The molecule has 0 aromatic carbocycles. The van der Waals surface area contributed by atoms with E-state index in [0.29, 0.717) is 12.8 Å². The van der Waals surface area contributed by atoms with Gasteiger partial charge in [-0.15, -0.1) is 0 Å². The molecular weight excluding hydrogens is 231 g/mol. The molecule has 1 rings (SSSR count). The van der Waals surface area contributed by atoms with Gasteiger partial charge >= 0.3 is 0 Å². The van der Waals surface area contributed by atoms with Gasteiger partial charge in [-0.25, -0.2) is 4.39 Å². The molecule has 0 aromatic rings. The van der Waals surface area contributed by atoms with Crippen LogP contribution in [0.4, 0.5) is 4.39 Å². The summed E-state index contributed by atoms with van der Waals surface area (Å²) in [5.41, 5.74) is 1.10. The van der Waals surface area contributed by atoms with Crippen LogP contribution >= 0.6 is 0 Å². The number of rotatable bonds is 2. The van der Waals surface area contributed by atoms with Crippen molar-refractivity contribution >= 4 is 8.32 Å². The number of halogens is 1. The highest BCUT2D eigenvalue weighted by Gasteiger charge is 2.40. The minimum absolute atomic E-state index is 0.0487. The lowest BCUT2D eigenvalue weighted by Gasteiger charge is -2.41. The first-order valence-electron chi connectivity index (χ1n) is 6.45. The van der Waals surface area contributed by atoms with Crippen LogP contribution in [0.15, 0.2) is 11.6 Å². The first-order chi connectivity index (χ1) is 7.65. The third-order valence-corrected chi connectivity index (χ3v) is 8.58. The van der Waals surface area contributed by atoms with Gasteiger partial charge in [-0.3, -0.25) is 0 Å². The quantitative estimate of drug-likeness (QED) is 0.654. The van der Waals surface area contributed by atoms with Gasteiger partial charge in [-0.2, -0.15) is 0 Å². The molecule has 1 saturated carbocycles. The second-order valence-electron chi connectivity index (χ2n) is 6.60. The second-order valence-corrected chi connectivity index (χ2v) is 11.4. The first kappa shape index (κ1) is 14.9. The van der Waals surface area contributed by atoms with E-state index < -0.39 is 14.5 Å². The van der Waals surface area contributed by atoms with Crippen molar-refractivity contribution < 1.29 is 8.82 Å². The van der Waals surface area contributed by atoms with Gasteiger partial charge in [0.05, 0.1) is 6.10 Å². The van der Waals surface area contributed by atoms with Crippen molar-refractivity contribution in [1.82, 2.24) is 0 Å². The van der Waals surface area contributed by atoms with Crippen LogP contribution in [-0.4, -0.2) is 20.6 Å². The van der Waals surface area contributed by atoms with Crippen LogP contribution in [0.1, 0.15) is 40.0 Å². The molecule has 1 fully saturated rings. The van der Waals surface area contributed by atoms with Crippen molar-refractivity contribution in [2.75, 3.05) is 0 Å². The highest BCUT2D eigenvalue weighted by atomic mass is 28.4. The van der Waals surface area contributed by atoms with Gasteiger partial charge in [0.15, 0.2) is 8.32 Å². The van der Waals surface area contributed by atoms with E-state index in [0.717, 1.165) is 12.0 Å². The fourth-order valence-electron chi connectivity index (χ4n) is 1.96. The molecule has 2 atom stereocenters. The SMILES string of the molecule is [CH2]C=C1CC(F)CC(O[Si](C)(C)C(C)(C)C)C1. The molecule has 1 radical (unpaired) electrons. The van der Waals surface area contributed by atoms with Crippen LogP contribution in [-0.2, 0) is 4.43 Å². The zero-order chi connectivity index (χ0) is 13.3. The lowest BCUT2D eigenvalue weighted by atomic mass is 9.91. The lowest BCUT2D eigenvalue weighted by Crippen LogP contribution is -2.45. The fourth-order valence-corrected chi connectivity index (χ4v) is 3.33. The van der Waals surface area contributed by atoms with E-state index in [4.69, 9.17) is 4.43 Å². The Bertz CT molecular complexity index is 291. The van der Waals surface area contributed by atoms with Crippen LogP contribution in [0.3, 0.4) is 0 Å². The van der Waals surface area contributed by atoms with E-state index in [2.05, 4.69) is 40.8 Å². The molecule has 3 heteroatoms. The second kappa shape index (κ2) is 5.23. The average Bonchev–Trinajstić information content (AvgIpc) is 2.14. The largest absolute Gasteiger partial charge is 0.414 e. The van der Waals surface area contributed by atoms with Gasteiger partial charge < -0.3 is 4.43 Å². The third kappa shape index (κ3) is 3.92. The topological polar surface area (TPSA) is 9.23 Å². The average molecular weight is 257 g/mol. The summed E-state index contributed by atoms with van der Waals surface area (Å²) >= 11 is 0. The normalized spacial score (nSPS) is 29.7. The summed E-state index contributed by atoms with van der Waals surface area (Å²) in [4.78, 5) is 0. The van der Waals surface area contributed by atoms with E-state index in [-0.39, 0.29) is 11.1 Å². The first-order valence-corrected chi connectivity index (χ1v) is 9.35. The summed E-state index contributed by atoms with van der Waals surface area (Å²) in [5.74, 6) is 0. The Labute approximate surface area is 107 Å². The zero-order valence-electron chi connectivity index (χ0n) is 11.8. The van der Waals surface area contributed by atoms with Gasteiger partial charge in [0.1, 0.15) is 6.17 Å². The number of hydrogen-bond acceptors (Lipinski definition) is 1. The molecule has 0 aromatic heterocycles. The van der Waals surface area contributed by atoms with Crippen molar-refractivity contribution in [3.63, 3.8) is 0 Å². The van der Waals surface area contributed by atoms with Crippen molar-refractivity contribution in [2.45, 2.75) is 70.4 Å². The van der Waals surface area contributed by atoms with Crippen LogP contribution in [0.2, 0.25) is 18.1 Å². The molecule has 99 valence electrons. The van der Waals surface area contributed by atoms with Gasteiger partial charge in [-0.05, 0) is 37.9 Å². The Hall–Kier alpha value is -0.153. The summed E-state index contributed by atoms with van der Waals surface area (Å²) < 4.78 is 19.9. The van der Waals surface area contributed by atoms with Crippen LogP contribution in [0, 0.1) is 6.92 Å². The monoisotopic (exact) mass is 257 g/mol. The highest BCUT2D eigenvalue weighted by Crippen LogP contribution is 2.40. The molecule has 0 heterocycles.